The molecular weight excluding hydrogens is 200 g/mol. The second-order valence-electron chi connectivity index (χ2n) is 4.69. The maximum atomic E-state index is 5.27. The van der Waals surface area contributed by atoms with Crippen molar-refractivity contribution in [2.24, 2.45) is 5.92 Å². The van der Waals surface area contributed by atoms with Gasteiger partial charge in [0.1, 0.15) is 5.75 Å². The first kappa shape index (κ1) is 11.1. The number of ether oxygens (including phenoxy) is 1. The highest BCUT2D eigenvalue weighted by molar-refractivity contribution is 5.74. The number of fused-ring (bicyclic) bond motifs is 1. The fourth-order valence-corrected chi connectivity index (χ4v) is 2.29. The summed E-state index contributed by atoms with van der Waals surface area (Å²) in [4.78, 5) is 2.35. The first-order chi connectivity index (χ1) is 7.63. The van der Waals surface area contributed by atoms with Crippen LogP contribution in [0.15, 0.2) is 18.2 Å². The lowest BCUT2D eigenvalue weighted by molar-refractivity contribution is 0.414. The number of benzene rings is 1. The van der Waals surface area contributed by atoms with Gasteiger partial charge < -0.3 is 15.0 Å². The SMILES string of the molecule is COc1ccc2c(c1)N(C)C(C(C)C)CN2. The zero-order valence-electron chi connectivity index (χ0n) is 10.4. The van der Waals surface area contributed by atoms with Gasteiger partial charge in [-0.2, -0.15) is 0 Å². The van der Waals surface area contributed by atoms with Crippen LogP contribution in [0.3, 0.4) is 0 Å². The number of hydrogen-bond acceptors (Lipinski definition) is 3. The van der Waals surface area contributed by atoms with E-state index in [2.05, 4.69) is 43.2 Å². The molecule has 0 amide bonds. The summed E-state index contributed by atoms with van der Waals surface area (Å²) in [5, 5.41) is 3.48. The van der Waals surface area contributed by atoms with Crippen LogP contribution in [0.4, 0.5) is 11.4 Å². The number of rotatable bonds is 2. The van der Waals surface area contributed by atoms with Gasteiger partial charge in [-0.25, -0.2) is 0 Å². The second kappa shape index (κ2) is 4.24. The Kier molecular flexibility index (Phi) is 2.95. The van der Waals surface area contributed by atoms with Crippen LogP contribution in [0.5, 0.6) is 5.75 Å². The molecule has 88 valence electrons. The normalized spacial score (nSPS) is 19.3. The van der Waals surface area contributed by atoms with Crippen LogP contribution < -0.4 is 15.0 Å². The van der Waals surface area contributed by atoms with Gasteiger partial charge in [-0.3, -0.25) is 0 Å². The van der Waals surface area contributed by atoms with E-state index in [1.54, 1.807) is 7.11 Å². The maximum Gasteiger partial charge on any atom is 0.121 e. The van der Waals surface area contributed by atoms with Gasteiger partial charge in [0.2, 0.25) is 0 Å². The van der Waals surface area contributed by atoms with Crippen LogP contribution in [0, 0.1) is 5.92 Å². The molecule has 0 saturated heterocycles. The molecule has 0 aromatic heterocycles. The van der Waals surface area contributed by atoms with E-state index in [-0.39, 0.29) is 0 Å². The summed E-state index contributed by atoms with van der Waals surface area (Å²) in [5.41, 5.74) is 2.42. The number of nitrogens with zero attached hydrogens (tertiary/aromatic N) is 1. The van der Waals surface area contributed by atoms with Gasteiger partial charge in [-0.05, 0) is 18.1 Å². The minimum atomic E-state index is 0.541. The smallest absolute Gasteiger partial charge is 0.121 e. The molecule has 1 aliphatic rings. The van der Waals surface area contributed by atoms with Gasteiger partial charge in [-0.1, -0.05) is 13.8 Å². The Morgan fingerprint density at radius 1 is 1.44 bits per heavy atom. The average Bonchev–Trinajstić information content (AvgIpc) is 2.28. The minimum Gasteiger partial charge on any atom is -0.497 e. The molecule has 0 aliphatic carbocycles. The summed E-state index contributed by atoms with van der Waals surface area (Å²) in [7, 11) is 3.86. The Labute approximate surface area is 97.4 Å². The van der Waals surface area contributed by atoms with E-state index in [4.69, 9.17) is 4.74 Å². The van der Waals surface area contributed by atoms with Gasteiger partial charge in [0.25, 0.3) is 0 Å². The van der Waals surface area contributed by atoms with Crippen molar-refractivity contribution >= 4 is 11.4 Å². The summed E-state index contributed by atoms with van der Waals surface area (Å²) in [6.45, 7) is 5.52. The zero-order chi connectivity index (χ0) is 11.7. The lowest BCUT2D eigenvalue weighted by atomic mass is 9.99. The summed E-state index contributed by atoms with van der Waals surface area (Å²) in [6.07, 6.45) is 0. The average molecular weight is 220 g/mol. The molecule has 0 bridgehead atoms. The lowest BCUT2D eigenvalue weighted by Crippen LogP contribution is -2.44. The number of likely N-dealkylation sites (N-methyl/N-ethyl adjacent to an activating group) is 1. The van der Waals surface area contributed by atoms with E-state index in [1.165, 1.54) is 11.4 Å². The largest absolute Gasteiger partial charge is 0.497 e. The molecule has 2 rings (SSSR count). The third-order valence-electron chi connectivity index (χ3n) is 3.35. The molecule has 0 radical (unpaired) electrons. The Hall–Kier alpha value is -1.38. The van der Waals surface area contributed by atoms with Crippen LogP contribution >= 0.6 is 0 Å². The monoisotopic (exact) mass is 220 g/mol. The summed E-state index contributed by atoms with van der Waals surface area (Å²) in [5.74, 6) is 1.55. The molecule has 3 heteroatoms. The highest BCUT2D eigenvalue weighted by Crippen LogP contribution is 2.35. The Morgan fingerprint density at radius 3 is 2.81 bits per heavy atom. The molecule has 1 N–H and O–H groups in total. The van der Waals surface area contributed by atoms with Crippen LogP contribution in [0.1, 0.15) is 13.8 Å². The molecule has 16 heavy (non-hydrogen) atoms. The van der Waals surface area contributed by atoms with Gasteiger partial charge >= 0.3 is 0 Å². The first-order valence-electron chi connectivity index (χ1n) is 5.78. The van der Waals surface area contributed by atoms with Gasteiger partial charge in [-0.15, -0.1) is 0 Å². The molecule has 0 spiro atoms. The molecule has 1 unspecified atom stereocenters. The molecule has 1 heterocycles. The fourth-order valence-electron chi connectivity index (χ4n) is 2.29. The first-order valence-corrected chi connectivity index (χ1v) is 5.78. The fraction of sp³-hybridized carbons (Fsp3) is 0.538. The zero-order valence-corrected chi connectivity index (χ0v) is 10.4. The van der Waals surface area contributed by atoms with E-state index < -0.39 is 0 Å². The summed E-state index contributed by atoms with van der Waals surface area (Å²) >= 11 is 0. The van der Waals surface area contributed by atoms with Crippen molar-refractivity contribution < 1.29 is 4.74 Å². The van der Waals surface area contributed by atoms with Crippen LogP contribution in [-0.4, -0.2) is 26.7 Å². The van der Waals surface area contributed by atoms with Gasteiger partial charge in [0, 0.05) is 25.7 Å². The summed E-state index contributed by atoms with van der Waals surface area (Å²) < 4.78 is 5.27. The Bertz CT molecular complexity index is 376. The molecule has 1 aromatic carbocycles. The van der Waals surface area contributed by atoms with Crippen molar-refractivity contribution in [3.8, 4) is 5.75 Å². The maximum absolute atomic E-state index is 5.27. The highest BCUT2D eigenvalue weighted by atomic mass is 16.5. The molecule has 1 atom stereocenters. The van der Waals surface area contributed by atoms with E-state index >= 15 is 0 Å². The molecule has 1 aromatic rings. The topological polar surface area (TPSA) is 24.5 Å². The number of methoxy groups -OCH3 is 1. The summed E-state index contributed by atoms with van der Waals surface area (Å²) in [6, 6.07) is 6.72. The van der Waals surface area contributed by atoms with Crippen molar-refractivity contribution in [2.75, 3.05) is 30.9 Å². The van der Waals surface area contributed by atoms with Crippen LogP contribution in [0.2, 0.25) is 0 Å². The van der Waals surface area contributed by atoms with E-state index in [0.717, 1.165) is 12.3 Å². The van der Waals surface area contributed by atoms with Gasteiger partial charge in [0.15, 0.2) is 0 Å². The van der Waals surface area contributed by atoms with E-state index in [1.807, 2.05) is 6.07 Å². The van der Waals surface area contributed by atoms with Gasteiger partial charge in [0.05, 0.1) is 18.5 Å². The highest BCUT2D eigenvalue weighted by Gasteiger charge is 2.25. The number of anilines is 2. The standard InChI is InChI=1S/C13H20N2O/c1-9(2)13-8-14-11-6-5-10(16-4)7-12(11)15(13)3/h5-7,9,13-14H,8H2,1-4H3. The Morgan fingerprint density at radius 2 is 2.19 bits per heavy atom. The number of nitrogens with one attached hydrogen (secondary N) is 1. The van der Waals surface area contributed by atoms with Crippen molar-refractivity contribution in [1.82, 2.24) is 0 Å². The predicted molar refractivity (Wildman–Crippen MR) is 68.5 cm³/mol. The van der Waals surface area contributed by atoms with Crippen molar-refractivity contribution in [3.05, 3.63) is 18.2 Å². The third-order valence-corrected chi connectivity index (χ3v) is 3.35. The molecular formula is C13H20N2O. The van der Waals surface area contributed by atoms with Crippen molar-refractivity contribution in [3.63, 3.8) is 0 Å². The second-order valence-corrected chi connectivity index (χ2v) is 4.69. The molecule has 1 aliphatic heterocycles. The molecule has 3 nitrogen and oxygen atoms in total. The lowest BCUT2D eigenvalue weighted by Gasteiger charge is -2.39. The van der Waals surface area contributed by atoms with Crippen molar-refractivity contribution in [2.45, 2.75) is 19.9 Å². The van der Waals surface area contributed by atoms with E-state index in [9.17, 15) is 0 Å². The van der Waals surface area contributed by atoms with Crippen LogP contribution in [-0.2, 0) is 0 Å². The molecule has 0 saturated carbocycles. The van der Waals surface area contributed by atoms with E-state index in [0.29, 0.717) is 12.0 Å². The quantitative estimate of drug-likeness (QED) is 0.829. The molecule has 0 fully saturated rings. The Balaban J connectivity index is 2.34. The number of hydrogen-bond donors (Lipinski definition) is 1. The van der Waals surface area contributed by atoms with Crippen LogP contribution in [0.25, 0.3) is 0 Å². The minimum absolute atomic E-state index is 0.541. The predicted octanol–water partition coefficient (Wildman–Crippen LogP) is 2.58. The third kappa shape index (κ3) is 1.82. The van der Waals surface area contributed by atoms with Crippen molar-refractivity contribution in [1.29, 1.82) is 0 Å².